The fourth-order valence-electron chi connectivity index (χ4n) is 2.47. The molecule has 0 aromatic rings. The van der Waals surface area contributed by atoms with E-state index in [1.165, 1.54) is 0 Å². The van der Waals surface area contributed by atoms with Crippen LogP contribution in [0.3, 0.4) is 0 Å². The summed E-state index contributed by atoms with van der Waals surface area (Å²) in [6, 6.07) is 0. The van der Waals surface area contributed by atoms with Gasteiger partial charge in [0, 0.05) is 12.5 Å². The molecule has 1 fully saturated rings. The summed E-state index contributed by atoms with van der Waals surface area (Å²) in [6.45, 7) is 8.30. The van der Waals surface area contributed by atoms with Gasteiger partial charge in [0.05, 0.1) is 0 Å². The number of amides is 1. The van der Waals surface area contributed by atoms with Crippen molar-refractivity contribution in [3.05, 3.63) is 0 Å². The van der Waals surface area contributed by atoms with Gasteiger partial charge in [0.15, 0.2) is 0 Å². The number of hydrogen-bond donors (Lipinski definition) is 1. The molecule has 0 aromatic heterocycles. The van der Waals surface area contributed by atoms with E-state index in [-0.39, 0.29) is 17.7 Å². The Morgan fingerprint density at radius 3 is 2.35 bits per heavy atom. The molecule has 4 nitrogen and oxygen atoms in total. The highest BCUT2D eigenvalue weighted by atomic mass is 16.4. The van der Waals surface area contributed by atoms with Crippen LogP contribution in [0.15, 0.2) is 0 Å². The lowest BCUT2D eigenvalue weighted by molar-refractivity contribution is -0.158. The van der Waals surface area contributed by atoms with Crippen LogP contribution in [0, 0.1) is 11.8 Å². The van der Waals surface area contributed by atoms with E-state index in [0.717, 1.165) is 6.42 Å². The number of carbonyl (C=O) groups excluding carboxylic acids is 1. The minimum Gasteiger partial charge on any atom is -0.479 e. The first kappa shape index (κ1) is 14.0. The van der Waals surface area contributed by atoms with Crippen molar-refractivity contribution in [2.75, 3.05) is 6.54 Å². The topological polar surface area (TPSA) is 57.6 Å². The molecule has 0 saturated carbocycles. The van der Waals surface area contributed by atoms with Crippen molar-refractivity contribution in [2.24, 2.45) is 11.8 Å². The van der Waals surface area contributed by atoms with Crippen LogP contribution in [0.1, 0.15) is 47.0 Å². The first-order valence-corrected chi connectivity index (χ1v) is 6.41. The van der Waals surface area contributed by atoms with E-state index in [2.05, 4.69) is 0 Å². The number of carbonyl (C=O) groups is 2. The zero-order chi connectivity index (χ0) is 13.2. The maximum Gasteiger partial charge on any atom is 0.329 e. The molecule has 1 amide bonds. The predicted octanol–water partition coefficient (Wildman–Crippen LogP) is 2.13. The standard InChI is InChI=1S/C13H23NO3/c1-5-13(12(16)17)7-6-8-14(13)11(15)10(4)9(2)3/h9-10H,5-8H2,1-4H3,(H,16,17). The Bertz CT molecular complexity index is 314. The van der Waals surface area contributed by atoms with Gasteiger partial charge in [-0.15, -0.1) is 0 Å². The van der Waals surface area contributed by atoms with Crippen LogP contribution in [0.5, 0.6) is 0 Å². The average molecular weight is 241 g/mol. The number of nitrogens with zero attached hydrogens (tertiary/aromatic N) is 1. The minimum absolute atomic E-state index is 0.0123. The van der Waals surface area contributed by atoms with E-state index in [1.807, 2.05) is 27.7 Å². The lowest BCUT2D eigenvalue weighted by Crippen LogP contribution is -2.54. The molecule has 0 spiro atoms. The van der Waals surface area contributed by atoms with Gasteiger partial charge in [0.25, 0.3) is 0 Å². The molecule has 0 aliphatic carbocycles. The summed E-state index contributed by atoms with van der Waals surface area (Å²) in [5.41, 5.74) is -0.958. The Morgan fingerprint density at radius 2 is 1.94 bits per heavy atom. The maximum atomic E-state index is 12.3. The Morgan fingerprint density at radius 1 is 1.35 bits per heavy atom. The van der Waals surface area contributed by atoms with Crippen LogP contribution in [0.2, 0.25) is 0 Å². The molecule has 17 heavy (non-hydrogen) atoms. The summed E-state index contributed by atoms with van der Waals surface area (Å²) < 4.78 is 0. The van der Waals surface area contributed by atoms with E-state index in [1.54, 1.807) is 4.90 Å². The number of carboxylic acid groups (broad SMARTS) is 1. The second-order valence-corrected chi connectivity index (χ2v) is 5.32. The summed E-state index contributed by atoms with van der Waals surface area (Å²) in [5.74, 6) is -0.742. The number of aliphatic carboxylic acids is 1. The van der Waals surface area contributed by atoms with Crippen LogP contribution in [0.25, 0.3) is 0 Å². The number of hydrogen-bond acceptors (Lipinski definition) is 2. The zero-order valence-electron chi connectivity index (χ0n) is 11.2. The van der Waals surface area contributed by atoms with Crippen molar-refractivity contribution in [1.29, 1.82) is 0 Å². The molecular formula is C13H23NO3. The third-order valence-electron chi connectivity index (χ3n) is 4.13. The number of carboxylic acids is 1. The van der Waals surface area contributed by atoms with Crippen molar-refractivity contribution in [3.8, 4) is 0 Å². The molecule has 1 rings (SSSR count). The summed E-state index contributed by atoms with van der Waals surface area (Å²) >= 11 is 0. The molecule has 1 aliphatic rings. The van der Waals surface area contributed by atoms with Gasteiger partial charge in [0.2, 0.25) is 5.91 Å². The van der Waals surface area contributed by atoms with Crippen LogP contribution in [-0.4, -0.2) is 34.0 Å². The third-order valence-corrected chi connectivity index (χ3v) is 4.13. The van der Waals surface area contributed by atoms with E-state index in [0.29, 0.717) is 19.4 Å². The fourth-order valence-corrected chi connectivity index (χ4v) is 2.47. The molecule has 1 N–H and O–H groups in total. The molecule has 98 valence electrons. The fraction of sp³-hybridized carbons (Fsp3) is 0.846. The zero-order valence-corrected chi connectivity index (χ0v) is 11.2. The van der Waals surface area contributed by atoms with Gasteiger partial charge in [-0.2, -0.15) is 0 Å². The molecule has 4 heteroatoms. The van der Waals surface area contributed by atoms with Crippen LogP contribution in [0.4, 0.5) is 0 Å². The quantitative estimate of drug-likeness (QED) is 0.820. The lowest BCUT2D eigenvalue weighted by atomic mass is 9.90. The predicted molar refractivity (Wildman–Crippen MR) is 65.6 cm³/mol. The molecule has 0 radical (unpaired) electrons. The van der Waals surface area contributed by atoms with Gasteiger partial charge in [-0.3, -0.25) is 4.79 Å². The average Bonchev–Trinajstić information content (AvgIpc) is 2.71. The second kappa shape index (κ2) is 5.07. The molecule has 2 unspecified atom stereocenters. The minimum atomic E-state index is -0.958. The van der Waals surface area contributed by atoms with Gasteiger partial charge in [0.1, 0.15) is 5.54 Å². The first-order chi connectivity index (χ1) is 7.86. The highest BCUT2D eigenvalue weighted by Crippen LogP contribution is 2.34. The van der Waals surface area contributed by atoms with Crippen molar-refractivity contribution in [1.82, 2.24) is 4.90 Å². The van der Waals surface area contributed by atoms with Gasteiger partial charge in [-0.25, -0.2) is 4.79 Å². The molecule has 1 saturated heterocycles. The van der Waals surface area contributed by atoms with E-state index in [9.17, 15) is 14.7 Å². The van der Waals surface area contributed by atoms with Gasteiger partial charge >= 0.3 is 5.97 Å². The van der Waals surface area contributed by atoms with Crippen LogP contribution < -0.4 is 0 Å². The lowest BCUT2D eigenvalue weighted by Gasteiger charge is -2.36. The highest BCUT2D eigenvalue weighted by molar-refractivity contribution is 5.88. The number of likely N-dealkylation sites (tertiary alicyclic amines) is 1. The van der Waals surface area contributed by atoms with Crippen molar-refractivity contribution < 1.29 is 14.7 Å². The smallest absolute Gasteiger partial charge is 0.329 e. The SMILES string of the molecule is CCC1(C(=O)O)CCCN1C(=O)C(C)C(C)C. The van der Waals surface area contributed by atoms with E-state index >= 15 is 0 Å². The third kappa shape index (κ3) is 2.31. The highest BCUT2D eigenvalue weighted by Gasteiger charge is 2.49. The summed E-state index contributed by atoms with van der Waals surface area (Å²) in [5, 5.41) is 9.41. The normalized spacial score (nSPS) is 26.3. The Kier molecular flexibility index (Phi) is 4.17. The molecule has 2 atom stereocenters. The van der Waals surface area contributed by atoms with Crippen molar-refractivity contribution >= 4 is 11.9 Å². The van der Waals surface area contributed by atoms with Gasteiger partial charge < -0.3 is 10.0 Å². The van der Waals surface area contributed by atoms with E-state index in [4.69, 9.17) is 0 Å². The van der Waals surface area contributed by atoms with Gasteiger partial charge in [-0.05, 0) is 25.2 Å². The molecular weight excluding hydrogens is 218 g/mol. The maximum absolute atomic E-state index is 12.3. The van der Waals surface area contributed by atoms with Crippen LogP contribution >= 0.6 is 0 Å². The summed E-state index contributed by atoms with van der Waals surface area (Å²) in [6.07, 6.45) is 1.85. The second-order valence-electron chi connectivity index (χ2n) is 5.32. The monoisotopic (exact) mass is 241 g/mol. The molecule has 1 heterocycles. The Hall–Kier alpha value is -1.06. The number of rotatable bonds is 4. The van der Waals surface area contributed by atoms with Crippen molar-refractivity contribution in [3.63, 3.8) is 0 Å². The van der Waals surface area contributed by atoms with Crippen LogP contribution in [-0.2, 0) is 9.59 Å². The Balaban J connectivity index is 2.96. The van der Waals surface area contributed by atoms with Gasteiger partial charge in [-0.1, -0.05) is 27.7 Å². The summed E-state index contributed by atoms with van der Waals surface area (Å²) in [4.78, 5) is 25.4. The summed E-state index contributed by atoms with van der Waals surface area (Å²) in [7, 11) is 0. The largest absolute Gasteiger partial charge is 0.479 e. The van der Waals surface area contributed by atoms with Crippen molar-refractivity contribution in [2.45, 2.75) is 52.5 Å². The molecule has 1 aliphatic heterocycles. The molecule has 0 aromatic carbocycles. The first-order valence-electron chi connectivity index (χ1n) is 6.41. The molecule has 0 bridgehead atoms. The van der Waals surface area contributed by atoms with E-state index < -0.39 is 11.5 Å². The Labute approximate surface area is 103 Å².